The Hall–Kier alpha value is -2.26. The summed E-state index contributed by atoms with van der Waals surface area (Å²) in [5.41, 5.74) is 0.740. The highest BCUT2D eigenvalue weighted by atomic mass is 35.5. The molecule has 24 heavy (non-hydrogen) atoms. The van der Waals surface area contributed by atoms with Gasteiger partial charge in [0.1, 0.15) is 0 Å². The maximum atomic E-state index is 11.9. The van der Waals surface area contributed by atoms with Crippen LogP contribution in [-0.4, -0.2) is 18.5 Å². The van der Waals surface area contributed by atoms with Crippen molar-refractivity contribution in [3.63, 3.8) is 0 Å². The summed E-state index contributed by atoms with van der Waals surface area (Å²) in [5.74, 6) is -1.32. The summed E-state index contributed by atoms with van der Waals surface area (Å²) in [5, 5.41) is 11.9. The molecule has 0 unspecified atom stereocenters. The summed E-state index contributed by atoms with van der Waals surface area (Å²) < 4.78 is 4.89. The minimum Gasteiger partial charge on any atom is -0.452 e. The SMILES string of the molecule is N#Cc1cccc(C(=O)OCC(=O)Nc2cc(Cl)c(Cl)cc2Cl)c1. The minimum absolute atomic E-state index is 0.175. The molecule has 0 radical (unpaired) electrons. The summed E-state index contributed by atoms with van der Waals surface area (Å²) >= 11 is 17.6. The number of carbonyl (C=O) groups is 2. The van der Waals surface area contributed by atoms with Gasteiger partial charge >= 0.3 is 5.97 Å². The number of benzene rings is 2. The highest BCUT2D eigenvalue weighted by Gasteiger charge is 2.13. The predicted octanol–water partition coefficient (Wildman–Crippen LogP) is 4.31. The van der Waals surface area contributed by atoms with Crippen molar-refractivity contribution in [1.82, 2.24) is 0 Å². The van der Waals surface area contributed by atoms with E-state index in [1.165, 1.54) is 24.3 Å². The second-order valence-electron chi connectivity index (χ2n) is 4.56. The molecule has 0 aliphatic heterocycles. The molecule has 1 amide bonds. The van der Waals surface area contributed by atoms with Crippen molar-refractivity contribution >= 4 is 52.4 Å². The maximum Gasteiger partial charge on any atom is 0.338 e. The van der Waals surface area contributed by atoms with Crippen molar-refractivity contribution < 1.29 is 14.3 Å². The molecule has 0 saturated heterocycles. The van der Waals surface area contributed by atoms with Crippen LogP contribution in [0, 0.1) is 11.3 Å². The maximum absolute atomic E-state index is 11.9. The highest BCUT2D eigenvalue weighted by Crippen LogP contribution is 2.32. The van der Waals surface area contributed by atoms with Crippen molar-refractivity contribution in [2.45, 2.75) is 0 Å². The number of rotatable bonds is 4. The van der Waals surface area contributed by atoms with E-state index in [2.05, 4.69) is 5.32 Å². The average Bonchev–Trinajstić information content (AvgIpc) is 2.57. The van der Waals surface area contributed by atoms with Crippen molar-refractivity contribution in [3.8, 4) is 6.07 Å². The van der Waals surface area contributed by atoms with Gasteiger partial charge in [-0.1, -0.05) is 40.9 Å². The first-order valence-corrected chi connectivity index (χ1v) is 7.66. The molecule has 8 heteroatoms. The molecule has 0 aliphatic carbocycles. The van der Waals surface area contributed by atoms with Gasteiger partial charge in [0.2, 0.25) is 0 Å². The molecule has 0 fully saturated rings. The van der Waals surface area contributed by atoms with Gasteiger partial charge in [-0.15, -0.1) is 0 Å². The van der Waals surface area contributed by atoms with E-state index in [0.717, 1.165) is 0 Å². The van der Waals surface area contributed by atoms with Crippen LogP contribution in [0.25, 0.3) is 0 Å². The van der Waals surface area contributed by atoms with E-state index in [0.29, 0.717) is 5.56 Å². The number of amides is 1. The Morgan fingerprint density at radius 3 is 2.50 bits per heavy atom. The third-order valence-electron chi connectivity index (χ3n) is 2.85. The summed E-state index contributed by atoms with van der Waals surface area (Å²) in [6, 6.07) is 10.6. The lowest BCUT2D eigenvalue weighted by molar-refractivity contribution is -0.119. The standard InChI is InChI=1S/C16H9Cl3N2O3/c17-11-5-13(19)14(6-12(11)18)21-15(22)8-24-16(23)10-3-1-2-9(4-10)7-20/h1-6H,8H2,(H,21,22). The third-order valence-corrected chi connectivity index (χ3v) is 3.88. The average molecular weight is 384 g/mol. The Bertz CT molecular complexity index is 847. The topological polar surface area (TPSA) is 79.2 Å². The number of nitrogens with one attached hydrogen (secondary N) is 1. The molecule has 0 spiro atoms. The monoisotopic (exact) mass is 382 g/mol. The van der Waals surface area contributed by atoms with Crippen LogP contribution in [0.5, 0.6) is 0 Å². The van der Waals surface area contributed by atoms with Gasteiger partial charge in [-0.3, -0.25) is 4.79 Å². The fourth-order valence-corrected chi connectivity index (χ4v) is 2.33. The molecule has 122 valence electrons. The number of ether oxygens (including phenoxy) is 1. The van der Waals surface area contributed by atoms with E-state index in [1.54, 1.807) is 12.1 Å². The van der Waals surface area contributed by atoms with Crippen LogP contribution >= 0.6 is 34.8 Å². The second-order valence-corrected chi connectivity index (χ2v) is 5.78. The zero-order chi connectivity index (χ0) is 17.7. The first kappa shape index (κ1) is 18.1. The Morgan fingerprint density at radius 2 is 1.79 bits per heavy atom. The molecule has 0 atom stereocenters. The van der Waals surface area contributed by atoms with Crippen LogP contribution in [0.2, 0.25) is 15.1 Å². The van der Waals surface area contributed by atoms with Crippen LogP contribution in [0.4, 0.5) is 5.69 Å². The molecule has 0 aliphatic rings. The van der Waals surface area contributed by atoms with Crippen LogP contribution in [0.3, 0.4) is 0 Å². The molecule has 2 aromatic rings. The predicted molar refractivity (Wildman–Crippen MR) is 91.5 cm³/mol. The van der Waals surface area contributed by atoms with Gasteiger partial charge < -0.3 is 10.1 Å². The molecule has 0 saturated carbocycles. The van der Waals surface area contributed by atoms with Gasteiger partial charge in [0.25, 0.3) is 5.91 Å². The third kappa shape index (κ3) is 4.62. The highest BCUT2D eigenvalue weighted by molar-refractivity contribution is 6.44. The Balaban J connectivity index is 1.97. The van der Waals surface area contributed by atoms with E-state index < -0.39 is 18.5 Å². The molecule has 5 nitrogen and oxygen atoms in total. The van der Waals surface area contributed by atoms with E-state index >= 15 is 0 Å². The lowest BCUT2D eigenvalue weighted by Gasteiger charge is -2.09. The van der Waals surface area contributed by atoms with Crippen molar-refractivity contribution in [3.05, 3.63) is 62.6 Å². The van der Waals surface area contributed by atoms with Crippen molar-refractivity contribution in [2.24, 2.45) is 0 Å². The Morgan fingerprint density at radius 1 is 1.08 bits per heavy atom. The summed E-state index contributed by atoms with van der Waals surface area (Å²) in [7, 11) is 0. The fourth-order valence-electron chi connectivity index (χ4n) is 1.73. The Labute approximate surface area is 152 Å². The lowest BCUT2D eigenvalue weighted by atomic mass is 10.1. The second kappa shape index (κ2) is 8.02. The number of esters is 1. The number of halogens is 3. The first-order valence-electron chi connectivity index (χ1n) is 6.52. The van der Waals surface area contributed by atoms with Gasteiger partial charge in [0.15, 0.2) is 6.61 Å². The van der Waals surface area contributed by atoms with E-state index in [-0.39, 0.29) is 26.3 Å². The number of hydrogen-bond donors (Lipinski definition) is 1. The largest absolute Gasteiger partial charge is 0.452 e. The molecule has 0 aromatic heterocycles. The van der Waals surface area contributed by atoms with Gasteiger partial charge in [0.05, 0.1) is 38.0 Å². The molecule has 2 aromatic carbocycles. The number of anilines is 1. The summed E-state index contributed by atoms with van der Waals surface area (Å²) in [6.07, 6.45) is 0. The molecular weight excluding hydrogens is 375 g/mol. The van der Waals surface area contributed by atoms with Gasteiger partial charge in [-0.25, -0.2) is 4.79 Å². The minimum atomic E-state index is -0.720. The fraction of sp³-hybridized carbons (Fsp3) is 0.0625. The summed E-state index contributed by atoms with van der Waals surface area (Å²) in [6.45, 7) is -0.522. The first-order chi connectivity index (χ1) is 11.4. The molecule has 0 bridgehead atoms. The molecule has 2 rings (SSSR count). The summed E-state index contributed by atoms with van der Waals surface area (Å²) in [4.78, 5) is 23.7. The lowest BCUT2D eigenvalue weighted by Crippen LogP contribution is -2.21. The number of nitriles is 1. The molecule has 0 heterocycles. The van der Waals surface area contributed by atoms with Gasteiger partial charge in [-0.05, 0) is 30.3 Å². The van der Waals surface area contributed by atoms with Gasteiger partial charge in [-0.2, -0.15) is 5.26 Å². The van der Waals surface area contributed by atoms with Crippen LogP contribution in [-0.2, 0) is 9.53 Å². The zero-order valence-corrected chi connectivity index (χ0v) is 14.2. The number of nitrogens with zero attached hydrogens (tertiary/aromatic N) is 1. The number of carbonyl (C=O) groups excluding carboxylic acids is 2. The quantitative estimate of drug-likeness (QED) is 0.630. The van der Waals surface area contributed by atoms with Crippen LogP contribution in [0.15, 0.2) is 36.4 Å². The molecular formula is C16H9Cl3N2O3. The van der Waals surface area contributed by atoms with Crippen molar-refractivity contribution in [2.75, 3.05) is 11.9 Å². The van der Waals surface area contributed by atoms with E-state index in [9.17, 15) is 9.59 Å². The molecule has 1 N–H and O–H groups in total. The Kier molecular flexibility index (Phi) is 6.04. The van der Waals surface area contributed by atoms with Crippen LogP contribution in [0.1, 0.15) is 15.9 Å². The van der Waals surface area contributed by atoms with Crippen molar-refractivity contribution in [1.29, 1.82) is 5.26 Å². The smallest absolute Gasteiger partial charge is 0.338 e. The van der Waals surface area contributed by atoms with E-state index in [1.807, 2.05) is 6.07 Å². The zero-order valence-electron chi connectivity index (χ0n) is 12.0. The normalized spacial score (nSPS) is 9.92. The van der Waals surface area contributed by atoms with Gasteiger partial charge in [0, 0.05) is 0 Å². The number of hydrogen-bond acceptors (Lipinski definition) is 4. The van der Waals surface area contributed by atoms with Crippen LogP contribution < -0.4 is 5.32 Å². The van der Waals surface area contributed by atoms with E-state index in [4.69, 9.17) is 44.8 Å².